The third-order valence-corrected chi connectivity index (χ3v) is 6.05. The van der Waals surface area contributed by atoms with Crippen LogP contribution in [0.1, 0.15) is 0 Å². The zero-order valence-electron chi connectivity index (χ0n) is 19.1. The van der Waals surface area contributed by atoms with Crippen LogP contribution in [0.25, 0.3) is 22.0 Å². The largest absolute Gasteiger partial charge is 0.483 e. The summed E-state index contributed by atoms with van der Waals surface area (Å²) in [6, 6.07) is 25.4. The lowest BCUT2D eigenvalue weighted by Crippen LogP contribution is -2.44. The Morgan fingerprint density at radius 1 is 0.882 bits per heavy atom. The number of aromatic nitrogens is 2. The average molecular weight is 454 g/mol. The van der Waals surface area contributed by atoms with Crippen LogP contribution in [0.5, 0.6) is 5.75 Å². The van der Waals surface area contributed by atoms with Gasteiger partial charge in [-0.1, -0.05) is 48.5 Å². The third-order valence-electron chi connectivity index (χ3n) is 6.05. The molecule has 0 atom stereocenters. The van der Waals surface area contributed by atoms with Crippen LogP contribution in [0.4, 0.5) is 11.5 Å². The van der Waals surface area contributed by atoms with Gasteiger partial charge in [-0.05, 0) is 42.8 Å². The number of anilines is 2. The molecule has 0 bridgehead atoms. The van der Waals surface area contributed by atoms with Gasteiger partial charge in [-0.15, -0.1) is 10.2 Å². The van der Waals surface area contributed by atoms with Gasteiger partial charge < -0.3 is 19.9 Å². The summed E-state index contributed by atoms with van der Waals surface area (Å²) in [7, 11) is 2.14. The van der Waals surface area contributed by atoms with Crippen molar-refractivity contribution in [2.24, 2.45) is 0 Å². The molecule has 1 fully saturated rings. The predicted molar refractivity (Wildman–Crippen MR) is 135 cm³/mol. The van der Waals surface area contributed by atoms with Crippen LogP contribution in [0.15, 0.2) is 78.9 Å². The van der Waals surface area contributed by atoms with Crippen LogP contribution in [0.3, 0.4) is 0 Å². The van der Waals surface area contributed by atoms with E-state index >= 15 is 0 Å². The highest BCUT2D eigenvalue weighted by atomic mass is 16.5. The van der Waals surface area contributed by atoms with Gasteiger partial charge in [0.05, 0.1) is 5.69 Å². The maximum Gasteiger partial charge on any atom is 0.262 e. The number of nitrogens with zero attached hydrogens (tertiary/aromatic N) is 4. The number of ether oxygens (including phenoxy) is 1. The highest BCUT2D eigenvalue weighted by Crippen LogP contribution is 2.25. The maximum atomic E-state index is 12.4. The molecule has 7 heteroatoms. The van der Waals surface area contributed by atoms with Crippen LogP contribution in [0.2, 0.25) is 0 Å². The SMILES string of the molecule is CN1CCN(c2ccc(-c3ccc(NC(=O)COc4cccc5ccccc45)cc3)nn2)CC1. The molecule has 1 aliphatic rings. The van der Waals surface area contributed by atoms with Crippen molar-refractivity contribution < 1.29 is 9.53 Å². The Bertz CT molecular complexity index is 1260. The first-order chi connectivity index (χ1) is 16.7. The van der Waals surface area contributed by atoms with Crippen LogP contribution in [-0.2, 0) is 4.79 Å². The average Bonchev–Trinajstić information content (AvgIpc) is 2.88. The van der Waals surface area contributed by atoms with E-state index in [2.05, 4.69) is 32.4 Å². The third kappa shape index (κ3) is 5.00. The molecule has 1 saturated heterocycles. The fourth-order valence-electron chi connectivity index (χ4n) is 4.07. The molecule has 34 heavy (non-hydrogen) atoms. The summed E-state index contributed by atoms with van der Waals surface area (Å²) in [5, 5.41) is 13.8. The van der Waals surface area contributed by atoms with E-state index in [1.165, 1.54) is 0 Å². The van der Waals surface area contributed by atoms with Gasteiger partial charge in [0.1, 0.15) is 5.75 Å². The highest BCUT2D eigenvalue weighted by Gasteiger charge is 2.15. The number of piperazine rings is 1. The van der Waals surface area contributed by atoms with E-state index in [-0.39, 0.29) is 12.5 Å². The minimum absolute atomic E-state index is 0.0605. The van der Waals surface area contributed by atoms with E-state index in [1.807, 2.05) is 78.9 Å². The minimum Gasteiger partial charge on any atom is -0.483 e. The molecule has 0 aliphatic carbocycles. The predicted octanol–water partition coefficient (Wildman–Crippen LogP) is 4.07. The first-order valence-electron chi connectivity index (χ1n) is 11.4. The van der Waals surface area contributed by atoms with Crippen molar-refractivity contribution in [1.82, 2.24) is 15.1 Å². The summed E-state index contributed by atoms with van der Waals surface area (Å²) in [5.74, 6) is 1.39. The molecule has 2 heterocycles. The van der Waals surface area contributed by atoms with Crippen molar-refractivity contribution in [3.8, 4) is 17.0 Å². The zero-order valence-corrected chi connectivity index (χ0v) is 19.1. The van der Waals surface area contributed by atoms with Gasteiger partial charge in [0.15, 0.2) is 12.4 Å². The van der Waals surface area contributed by atoms with Gasteiger partial charge in [-0.25, -0.2) is 0 Å². The lowest BCUT2D eigenvalue weighted by molar-refractivity contribution is -0.118. The van der Waals surface area contributed by atoms with E-state index in [1.54, 1.807) is 0 Å². The molecule has 0 radical (unpaired) electrons. The zero-order chi connectivity index (χ0) is 23.3. The number of likely N-dealkylation sites (N-methyl/N-ethyl adjacent to an activating group) is 1. The summed E-state index contributed by atoms with van der Waals surface area (Å²) in [5.41, 5.74) is 2.45. The monoisotopic (exact) mass is 453 g/mol. The van der Waals surface area contributed by atoms with Crippen LogP contribution in [-0.4, -0.2) is 60.8 Å². The van der Waals surface area contributed by atoms with E-state index in [0.29, 0.717) is 11.4 Å². The summed E-state index contributed by atoms with van der Waals surface area (Å²) in [6.07, 6.45) is 0. The number of hydrogen-bond donors (Lipinski definition) is 1. The van der Waals surface area contributed by atoms with Crippen LogP contribution < -0.4 is 15.0 Å². The number of carbonyl (C=O) groups excluding carboxylic acids is 1. The Morgan fingerprint density at radius 3 is 2.41 bits per heavy atom. The Kier molecular flexibility index (Phi) is 6.35. The topological polar surface area (TPSA) is 70.6 Å². The molecule has 0 spiro atoms. The number of fused-ring (bicyclic) bond motifs is 1. The minimum atomic E-state index is -0.211. The number of nitrogens with one attached hydrogen (secondary N) is 1. The molecule has 1 aliphatic heterocycles. The standard InChI is InChI=1S/C27H27N5O2/c1-31-15-17-32(18-16-31)26-14-13-24(29-30-26)21-9-11-22(12-10-21)28-27(33)19-34-25-8-4-6-20-5-2-3-7-23(20)25/h2-14H,15-19H2,1H3,(H,28,33). The molecule has 4 aromatic rings. The number of amides is 1. The molecular weight excluding hydrogens is 426 g/mol. The fraction of sp³-hybridized carbons (Fsp3) is 0.222. The van der Waals surface area contributed by atoms with Crippen molar-refractivity contribution >= 4 is 28.2 Å². The highest BCUT2D eigenvalue weighted by molar-refractivity contribution is 5.93. The van der Waals surface area contributed by atoms with Gasteiger partial charge in [0.2, 0.25) is 0 Å². The lowest BCUT2D eigenvalue weighted by Gasteiger charge is -2.32. The Balaban J connectivity index is 1.17. The Morgan fingerprint density at radius 2 is 1.65 bits per heavy atom. The Hall–Kier alpha value is -3.97. The van der Waals surface area contributed by atoms with Crippen molar-refractivity contribution in [3.05, 3.63) is 78.9 Å². The summed E-state index contributed by atoms with van der Waals surface area (Å²) in [4.78, 5) is 17.0. The molecule has 5 rings (SSSR count). The molecule has 172 valence electrons. The number of carbonyl (C=O) groups is 1. The quantitative estimate of drug-likeness (QED) is 0.475. The van der Waals surface area contributed by atoms with Gasteiger partial charge in [-0.3, -0.25) is 4.79 Å². The van der Waals surface area contributed by atoms with E-state index in [0.717, 1.165) is 54.0 Å². The van der Waals surface area contributed by atoms with E-state index < -0.39 is 0 Å². The van der Waals surface area contributed by atoms with Gasteiger partial charge >= 0.3 is 0 Å². The second-order valence-electron chi connectivity index (χ2n) is 8.46. The summed E-state index contributed by atoms with van der Waals surface area (Å²) >= 11 is 0. The molecule has 0 saturated carbocycles. The molecule has 1 amide bonds. The first-order valence-corrected chi connectivity index (χ1v) is 11.4. The second kappa shape index (κ2) is 9.89. The summed E-state index contributed by atoms with van der Waals surface area (Å²) < 4.78 is 5.78. The van der Waals surface area contributed by atoms with E-state index in [4.69, 9.17) is 4.74 Å². The van der Waals surface area contributed by atoms with Crippen LogP contribution >= 0.6 is 0 Å². The van der Waals surface area contributed by atoms with Crippen molar-refractivity contribution in [3.63, 3.8) is 0 Å². The van der Waals surface area contributed by atoms with Crippen LogP contribution in [0, 0.1) is 0 Å². The Labute approximate surface area is 199 Å². The molecule has 0 unspecified atom stereocenters. The summed E-state index contributed by atoms with van der Waals surface area (Å²) in [6.45, 7) is 3.93. The first kappa shape index (κ1) is 21.9. The van der Waals surface area contributed by atoms with Crippen molar-refractivity contribution in [2.75, 3.05) is 50.1 Å². The molecular formula is C27H27N5O2. The number of hydrogen-bond acceptors (Lipinski definition) is 6. The normalized spacial score (nSPS) is 14.2. The lowest BCUT2D eigenvalue weighted by atomic mass is 10.1. The maximum absolute atomic E-state index is 12.4. The molecule has 3 aromatic carbocycles. The van der Waals surface area contributed by atoms with E-state index in [9.17, 15) is 4.79 Å². The van der Waals surface area contributed by atoms with Gasteiger partial charge in [0.25, 0.3) is 5.91 Å². The van der Waals surface area contributed by atoms with Gasteiger partial charge in [-0.2, -0.15) is 0 Å². The van der Waals surface area contributed by atoms with Crippen molar-refractivity contribution in [2.45, 2.75) is 0 Å². The number of benzene rings is 3. The molecule has 7 nitrogen and oxygen atoms in total. The van der Waals surface area contributed by atoms with Crippen molar-refractivity contribution in [1.29, 1.82) is 0 Å². The smallest absolute Gasteiger partial charge is 0.262 e. The molecule has 1 aromatic heterocycles. The second-order valence-corrected chi connectivity index (χ2v) is 8.46. The fourth-order valence-corrected chi connectivity index (χ4v) is 4.07. The number of rotatable bonds is 6. The van der Waals surface area contributed by atoms with Gasteiger partial charge in [0, 0.05) is 42.8 Å². The molecule has 1 N–H and O–H groups in total.